The number of nitrogens with zero attached hydrogens (tertiary/aromatic N) is 2. The number of dihydropyridines is 1. The van der Waals surface area contributed by atoms with Crippen molar-refractivity contribution in [2.75, 3.05) is 32.8 Å². The fraction of sp³-hybridized carbons (Fsp3) is 0.348. The van der Waals surface area contributed by atoms with Crippen LogP contribution in [0.3, 0.4) is 0 Å². The van der Waals surface area contributed by atoms with Gasteiger partial charge in [0.25, 0.3) is 0 Å². The van der Waals surface area contributed by atoms with Crippen LogP contribution in [-0.4, -0.2) is 43.6 Å². The minimum Gasteiger partial charge on any atom is -0.378 e. The Labute approximate surface area is 155 Å². The Morgan fingerprint density at radius 3 is 2.54 bits per heavy atom. The van der Waals surface area contributed by atoms with Crippen LogP contribution in [0.1, 0.15) is 35.4 Å². The van der Waals surface area contributed by atoms with Crippen LogP contribution in [-0.2, 0) is 4.74 Å². The molecule has 1 saturated heterocycles. The van der Waals surface area contributed by atoms with Gasteiger partial charge < -0.3 is 9.64 Å². The summed E-state index contributed by atoms with van der Waals surface area (Å²) in [6.45, 7) is 6.64. The van der Waals surface area contributed by atoms with E-state index in [0.29, 0.717) is 11.8 Å². The third-order valence-electron chi connectivity index (χ3n) is 5.95. The molecule has 26 heavy (non-hydrogen) atoms. The summed E-state index contributed by atoms with van der Waals surface area (Å²) < 4.78 is 5.45. The van der Waals surface area contributed by atoms with E-state index in [1.54, 1.807) is 0 Å². The molecule has 3 nitrogen and oxygen atoms in total. The van der Waals surface area contributed by atoms with Crippen molar-refractivity contribution < 1.29 is 4.74 Å². The smallest absolute Gasteiger partial charge is 0.123 e. The first kappa shape index (κ1) is 15.8. The SMILES string of the molecule is CC1c2ccccc2-c2c(C3C=CC(N4CCOCC4)=NC3)cccc21. The highest BCUT2D eigenvalue weighted by Gasteiger charge is 2.29. The Morgan fingerprint density at radius 1 is 0.962 bits per heavy atom. The highest BCUT2D eigenvalue weighted by atomic mass is 16.5. The van der Waals surface area contributed by atoms with Crippen LogP contribution in [0.2, 0.25) is 0 Å². The van der Waals surface area contributed by atoms with Crippen molar-refractivity contribution in [3.63, 3.8) is 0 Å². The van der Waals surface area contributed by atoms with Crippen LogP contribution < -0.4 is 0 Å². The number of aliphatic imine (C=N–C) groups is 1. The molecule has 2 aromatic carbocycles. The van der Waals surface area contributed by atoms with Gasteiger partial charge in [-0.05, 0) is 33.9 Å². The third kappa shape index (κ3) is 2.50. The summed E-state index contributed by atoms with van der Waals surface area (Å²) in [6.07, 6.45) is 4.56. The summed E-state index contributed by atoms with van der Waals surface area (Å²) in [5.41, 5.74) is 7.17. The molecule has 0 radical (unpaired) electrons. The normalized spacial score (nSPS) is 24.2. The predicted molar refractivity (Wildman–Crippen MR) is 106 cm³/mol. The molecule has 1 aliphatic carbocycles. The van der Waals surface area contributed by atoms with Crippen LogP contribution >= 0.6 is 0 Å². The Balaban J connectivity index is 1.47. The molecule has 2 heterocycles. The average molecular weight is 344 g/mol. The predicted octanol–water partition coefficient (Wildman–Crippen LogP) is 4.20. The molecular weight excluding hydrogens is 320 g/mol. The molecule has 5 rings (SSSR count). The van der Waals surface area contributed by atoms with Crippen LogP contribution in [0.5, 0.6) is 0 Å². The fourth-order valence-electron chi connectivity index (χ4n) is 4.55. The van der Waals surface area contributed by atoms with Crippen molar-refractivity contribution in [3.8, 4) is 11.1 Å². The summed E-state index contributed by atoms with van der Waals surface area (Å²) in [4.78, 5) is 7.25. The van der Waals surface area contributed by atoms with E-state index < -0.39 is 0 Å². The van der Waals surface area contributed by atoms with E-state index in [0.717, 1.165) is 38.7 Å². The van der Waals surface area contributed by atoms with Crippen LogP contribution in [0.25, 0.3) is 11.1 Å². The summed E-state index contributed by atoms with van der Waals surface area (Å²) >= 11 is 0. The second-order valence-corrected chi connectivity index (χ2v) is 7.38. The van der Waals surface area contributed by atoms with Crippen molar-refractivity contribution >= 4 is 5.84 Å². The van der Waals surface area contributed by atoms with Crippen LogP contribution in [0, 0.1) is 0 Å². The highest BCUT2D eigenvalue weighted by molar-refractivity contribution is 5.94. The monoisotopic (exact) mass is 344 g/mol. The lowest BCUT2D eigenvalue weighted by Crippen LogP contribution is -2.40. The van der Waals surface area contributed by atoms with Gasteiger partial charge in [-0.15, -0.1) is 0 Å². The molecule has 0 bridgehead atoms. The Bertz CT molecular complexity index is 893. The van der Waals surface area contributed by atoms with Crippen molar-refractivity contribution in [3.05, 3.63) is 71.3 Å². The van der Waals surface area contributed by atoms with Gasteiger partial charge in [0.2, 0.25) is 0 Å². The molecule has 0 N–H and O–H groups in total. The number of fused-ring (bicyclic) bond motifs is 3. The molecule has 2 unspecified atom stereocenters. The number of rotatable bonds is 1. The molecule has 0 spiro atoms. The number of hydrogen-bond donors (Lipinski definition) is 0. The third-order valence-corrected chi connectivity index (χ3v) is 5.95. The van der Waals surface area contributed by atoms with Crippen molar-refractivity contribution in [2.45, 2.75) is 18.8 Å². The fourth-order valence-corrected chi connectivity index (χ4v) is 4.55. The van der Waals surface area contributed by atoms with Crippen LogP contribution in [0.4, 0.5) is 0 Å². The molecule has 0 amide bonds. The van der Waals surface area contributed by atoms with E-state index in [4.69, 9.17) is 9.73 Å². The number of morpholine rings is 1. The summed E-state index contributed by atoms with van der Waals surface area (Å²) in [5.74, 6) is 1.94. The maximum absolute atomic E-state index is 5.45. The average Bonchev–Trinajstić information content (AvgIpc) is 3.02. The van der Waals surface area contributed by atoms with Gasteiger partial charge in [0.1, 0.15) is 5.84 Å². The molecule has 2 aromatic rings. The highest BCUT2D eigenvalue weighted by Crippen LogP contribution is 2.47. The lowest BCUT2D eigenvalue weighted by molar-refractivity contribution is 0.0682. The zero-order valence-corrected chi connectivity index (χ0v) is 15.2. The van der Waals surface area contributed by atoms with E-state index in [2.05, 4.69) is 66.4 Å². The molecule has 3 aliphatic rings. The molecule has 0 saturated carbocycles. The lowest BCUT2D eigenvalue weighted by atomic mass is 9.88. The van der Waals surface area contributed by atoms with Gasteiger partial charge in [-0.3, -0.25) is 4.99 Å². The van der Waals surface area contributed by atoms with Gasteiger partial charge in [0.15, 0.2) is 0 Å². The quantitative estimate of drug-likeness (QED) is 0.774. The van der Waals surface area contributed by atoms with Crippen molar-refractivity contribution in [2.24, 2.45) is 4.99 Å². The van der Waals surface area contributed by atoms with Gasteiger partial charge in [0, 0.05) is 24.9 Å². The van der Waals surface area contributed by atoms with E-state index >= 15 is 0 Å². The molecular formula is C23H24N2O. The zero-order chi connectivity index (χ0) is 17.5. The standard InChI is InChI=1S/C23H24N2O/c1-16-18-5-2-3-6-21(18)23-19(16)7-4-8-20(23)17-9-10-22(24-15-17)25-11-13-26-14-12-25/h2-10,16-17H,11-15H2,1H3. The molecule has 3 heteroatoms. The van der Waals surface area contributed by atoms with E-state index in [9.17, 15) is 0 Å². The second-order valence-electron chi connectivity index (χ2n) is 7.38. The van der Waals surface area contributed by atoms with Gasteiger partial charge in [0.05, 0.1) is 19.8 Å². The van der Waals surface area contributed by atoms with Crippen LogP contribution in [0.15, 0.2) is 59.6 Å². The van der Waals surface area contributed by atoms with E-state index in [1.165, 1.54) is 27.8 Å². The van der Waals surface area contributed by atoms with E-state index in [-0.39, 0.29) is 0 Å². The maximum atomic E-state index is 5.45. The molecule has 2 atom stereocenters. The number of hydrogen-bond acceptors (Lipinski definition) is 3. The molecule has 2 aliphatic heterocycles. The van der Waals surface area contributed by atoms with Crippen molar-refractivity contribution in [1.29, 1.82) is 0 Å². The van der Waals surface area contributed by atoms with Gasteiger partial charge in [-0.1, -0.05) is 55.5 Å². The maximum Gasteiger partial charge on any atom is 0.123 e. The molecule has 132 valence electrons. The largest absolute Gasteiger partial charge is 0.378 e. The Morgan fingerprint density at radius 2 is 1.73 bits per heavy atom. The van der Waals surface area contributed by atoms with E-state index in [1.807, 2.05) is 0 Å². The first-order valence-electron chi connectivity index (χ1n) is 9.60. The van der Waals surface area contributed by atoms with Gasteiger partial charge in [-0.25, -0.2) is 0 Å². The van der Waals surface area contributed by atoms with Crippen molar-refractivity contribution in [1.82, 2.24) is 4.90 Å². The Hall–Kier alpha value is -2.39. The summed E-state index contributed by atoms with van der Waals surface area (Å²) in [7, 11) is 0. The number of amidine groups is 1. The lowest BCUT2D eigenvalue weighted by Gasteiger charge is -2.30. The molecule has 0 aromatic heterocycles. The minimum absolute atomic E-state index is 0.355. The first-order chi connectivity index (χ1) is 12.8. The topological polar surface area (TPSA) is 24.8 Å². The first-order valence-corrected chi connectivity index (χ1v) is 9.60. The van der Waals surface area contributed by atoms with Gasteiger partial charge >= 0.3 is 0 Å². The number of ether oxygens (including phenoxy) is 1. The Kier molecular flexibility index (Phi) is 3.90. The summed E-state index contributed by atoms with van der Waals surface area (Å²) in [6, 6.07) is 15.6. The van der Waals surface area contributed by atoms with Gasteiger partial charge in [-0.2, -0.15) is 0 Å². The zero-order valence-electron chi connectivity index (χ0n) is 15.2. The minimum atomic E-state index is 0.355. The summed E-state index contributed by atoms with van der Waals surface area (Å²) in [5, 5.41) is 0. The molecule has 1 fully saturated rings. The second kappa shape index (κ2) is 6.40. The number of benzene rings is 2.